The van der Waals surface area contributed by atoms with Crippen LogP contribution < -0.4 is 11.5 Å². The van der Waals surface area contributed by atoms with Crippen LogP contribution in [0.1, 0.15) is 70.6 Å². The van der Waals surface area contributed by atoms with Gasteiger partial charge < -0.3 is 11.5 Å². The lowest BCUT2D eigenvalue weighted by Gasteiger charge is -2.37. The lowest BCUT2D eigenvalue weighted by atomic mass is 9.71. The van der Waals surface area contributed by atoms with E-state index in [-0.39, 0.29) is 6.04 Å². The predicted octanol–water partition coefficient (Wildman–Crippen LogP) is 3.44. The van der Waals surface area contributed by atoms with Crippen LogP contribution in [0.3, 0.4) is 0 Å². The lowest BCUT2D eigenvalue weighted by molar-refractivity contribution is 0.166. The van der Waals surface area contributed by atoms with Gasteiger partial charge in [0.1, 0.15) is 0 Å². The van der Waals surface area contributed by atoms with Gasteiger partial charge in [-0.15, -0.1) is 0 Å². The SMILES string of the molecule is NCC(N)C(CC1CCCCC1)C1CCCCC1. The van der Waals surface area contributed by atoms with E-state index in [2.05, 4.69) is 0 Å². The van der Waals surface area contributed by atoms with Crippen molar-refractivity contribution in [1.82, 2.24) is 0 Å². The highest BCUT2D eigenvalue weighted by Crippen LogP contribution is 2.38. The van der Waals surface area contributed by atoms with Crippen LogP contribution in [0.5, 0.6) is 0 Å². The molecule has 0 spiro atoms. The van der Waals surface area contributed by atoms with Gasteiger partial charge in [0.2, 0.25) is 0 Å². The standard InChI is InChI=1S/C16H32N2/c17-12-16(18)15(14-9-5-2-6-10-14)11-13-7-3-1-4-8-13/h13-16H,1-12,17-18H2. The molecule has 2 unspecified atom stereocenters. The zero-order valence-electron chi connectivity index (χ0n) is 11.9. The van der Waals surface area contributed by atoms with Gasteiger partial charge >= 0.3 is 0 Å². The highest BCUT2D eigenvalue weighted by atomic mass is 14.7. The van der Waals surface area contributed by atoms with E-state index in [0.29, 0.717) is 12.5 Å². The Balaban J connectivity index is 1.90. The Morgan fingerprint density at radius 3 is 1.94 bits per heavy atom. The molecule has 0 aromatic rings. The first kappa shape index (κ1) is 14.3. The van der Waals surface area contributed by atoms with E-state index < -0.39 is 0 Å². The van der Waals surface area contributed by atoms with Crippen molar-refractivity contribution in [3.8, 4) is 0 Å². The summed E-state index contributed by atoms with van der Waals surface area (Å²) in [7, 11) is 0. The van der Waals surface area contributed by atoms with Gasteiger partial charge in [-0.1, -0.05) is 64.2 Å². The second-order valence-corrected chi connectivity index (χ2v) is 6.70. The summed E-state index contributed by atoms with van der Waals surface area (Å²) >= 11 is 0. The molecule has 2 saturated carbocycles. The Hall–Kier alpha value is -0.0800. The first-order valence-electron chi connectivity index (χ1n) is 8.27. The van der Waals surface area contributed by atoms with Crippen molar-refractivity contribution in [3.05, 3.63) is 0 Å². The van der Waals surface area contributed by atoms with Crippen molar-refractivity contribution in [2.45, 2.75) is 76.7 Å². The van der Waals surface area contributed by atoms with Crippen molar-refractivity contribution < 1.29 is 0 Å². The Labute approximate surface area is 113 Å². The van der Waals surface area contributed by atoms with Gasteiger partial charge in [0.15, 0.2) is 0 Å². The molecule has 2 rings (SSSR count). The molecule has 18 heavy (non-hydrogen) atoms. The van der Waals surface area contributed by atoms with Gasteiger partial charge in [0.05, 0.1) is 0 Å². The summed E-state index contributed by atoms with van der Waals surface area (Å²) in [5, 5.41) is 0. The normalized spacial score (nSPS) is 27.0. The van der Waals surface area contributed by atoms with Crippen molar-refractivity contribution in [3.63, 3.8) is 0 Å². The van der Waals surface area contributed by atoms with Crippen molar-refractivity contribution in [1.29, 1.82) is 0 Å². The van der Waals surface area contributed by atoms with Gasteiger partial charge in [-0.2, -0.15) is 0 Å². The average molecular weight is 252 g/mol. The first-order valence-corrected chi connectivity index (χ1v) is 8.27. The minimum atomic E-state index is 0.245. The predicted molar refractivity (Wildman–Crippen MR) is 78.3 cm³/mol. The Morgan fingerprint density at radius 1 is 0.833 bits per heavy atom. The molecule has 2 fully saturated rings. The molecule has 0 amide bonds. The van der Waals surface area contributed by atoms with Gasteiger partial charge in [-0.05, 0) is 24.2 Å². The summed E-state index contributed by atoms with van der Waals surface area (Å²) in [6.07, 6.45) is 15.7. The molecule has 0 radical (unpaired) electrons. The van der Waals surface area contributed by atoms with E-state index in [4.69, 9.17) is 11.5 Å². The summed E-state index contributed by atoms with van der Waals surface area (Å²) in [5.41, 5.74) is 12.2. The van der Waals surface area contributed by atoms with Gasteiger partial charge in [-0.3, -0.25) is 0 Å². The molecular weight excluding hydrogens is 220 g/mol. The Morgan fingerprint density at radius 2 is 1.39 bits per heavy atom. The molecule has 2 aliphatic carbocycles. The number of hydrogen-bond donors (Lipinski definition) is 2. The van der Waals surface area contributed by atoms with E-state index in [1.54, 1.807) is 0 Å². The molecule has 0 aromatic heterocycles. The maximum absolute atomic E-state index is 6.34. The molecule has 106 valence electrons. The summed E-state index contributed by atoms with van der Waals surface area (Å²) < 4.78 is 0. The van der Waals surface area contributed by atoms with Crippen LogP contribution in [0.15, 0.2) is 0 Å². The average Bonchev–Trinajstić information content (AvgIpc) is 2.46. The maximum atomic E-state index is 6.34. The molecule has 2 nitrogen and oxygen atoms in total. The highest BCUT2D eigenvalue weighted by molar-refractivity contribution is 4.85. The van der Waals surface area contributed by atoms with E-state index >= 15 is 0 Å². The molecule has 0 heterocycles. The zero-order chi connectivity index (χ0) is 12.8. The zero-order valence-corrected chi connectivity index (χ0v) is 11.9. The smallest absolute Gasteiger partial charge is 0.0194 e. The van der Waals surface area contributed by atoms with Crippen molar-refractivity contribution in [2.24, 2.45) is 29.2 Å². The largest absolute Gasteiger partial charge is 0.329 e. The quantitative estimate of drug-likeness (QED) is 0.787. The second-order valence-electron chi connectivity index (χ2n) is 6.70. The van der Waals surface area contributed by atoms with Crippen LogP contribution in [0.4, 0.5) is 0 Å². The van der Waals surface area contributed by atoms with Crippen LogP contribution in [0.2, 0.25) is 0 Å². The van der Waals surface area contributed by atoms with Crippen LogP contribution in [0, 0.1) is 17.8 Å². The maximum Gasteiger partial charge on any atom is 0.0194 e. The van der Waals surface area contributed by atoms with E-state index in [0.717, 1.165) is 11.8 Å². The van der Waals surface area contributed by atoms with Crippen LogP contribution in [-0.2, 0) is 0 Å². The fraction of sp³-hybridized carbons (Fsp3) is 1.00. The number of rotatable bonds is 5. The van der Waals surface area contributed by atoms with Gasteiger partial charge in [0, 0.05) is 12.6 Å². The third kappa shape index (κ3) is 3.96. The lowest BCUT2D eigenvalue weighted by Crippen LogP contribution is -2.42. The molecule has 0 bridgehead atoms. The molecule has 2 heteroatoms. The van der Waals surface area contributed by atoms with Crippen molar-refractivity contribution >= 4 is 0 Å². The summed E-state index contributed by atoms with van der Waals surface area (Å²) in [6, 6.07) is 0.245. The van der Waals surface area contributed by atoms with Gasteiger partial charge in [0.25, 0.3) is 0 Å². The van der Waals surface area contributed by atoms with Crippen LogP contribution in [0.25, 0.3) is 0 Å². The molecule has 0 aliphatic heterocycles. The molecule has 0 aromatic carbocycles. The minimum Gasteiger partial charge on any atom is -0.329 e. The molecule has 2 atom stereocenters. The topological polar surface area (TPSA) is 52.0 Å². The summed E-state index contributed by atoms with van der Waals surface area (Å²) in [4.78, 5) is 0. The van der Waals surface area contributed by atoms with Gasteiger partial charge in [-0.25, -0.2) is 0 Å². The van der Waals surface area contributed by atoms with Crippen LogP contribution in [-0.4, -0.2) is 12.6 Å². The fourth-order valence-corrected chi connectivity index (χ4v) is 4.26. The molecular formula is C16H32N2. The van der Waals surface area contributed by atoms with Crippen molar-refractivity contribution in [2.75, 3.05) is 6.54 Å². The monoisotopic (exact) mass is 252 g/mol. The first-order chi connectivity index (χ1) is 8.81. The Bertz CT molecular complexity index is 217. The Kier molecular flexibility index (Phi) is 5.97. The fourth-order valence-electron chi connectivity index (χ4n) is 4.26. The molecule has 2 aliphatic rings. The molecule has 0 saturated heterocycles. The van der Waals surface area contributed by atoms with E-state index in [9.17, 15) is 0 Å². The third-order valence-corrected chi connectivity index (χ3v) is 5.41. The highest BCUT2D eigenvalue weighted by Gasteiger charge is 2.30. The van der Waals surface area contributed by atoms with Crippen LogP contribution >= 0.6 is 0 Å². The third-order valence-electron chi connectivity index (χ3n) is 5.41. The molecule has 4 N–H and O–H groups in total. The second kappa shape index (κ2) is 7.49. The van der Waals surface area contributed by atoms with E-state index in [1.165, 1.54) is 70.6 Å². The minimum absolute atomic E-state index is 0.245. The summed E-state index contributed by atoms with van der Waals surface area (Å²) in [6.45, 7) is 0.674. The number of nitrogens with two attached hydrogens (primary N) is 2. The number of hydrogen-bond acceptors (Lipinski definition) is 2. The summed E-state index contributed by atoms with van der Waals surface area (Å²) in [5.74, 6) is 2.53. The van der Waals surface area contributed by atoms with E-state index in [1.807, 2.05) is 0 Å².